The molecular formula is C22H26N2O3S. The summed E-state index contributed by atoms with van der Waals surface area (Å²) in [6, 6.07) is 14.9. The van der Waals surface area contributed by atoms with Gasteiger partial charge in [0.25, 0.3) is 0 Å². The van der Waals surface area contributed by atoms with Crippen LogP contribution in [0, 0.1) is 13.8 Å². The quantitative estimate of drug-likeness (QED) is 0.743. The number of amides is 1. The molecule has 0 N–H and O–H groups in total. The lowest BCUT2D eigenvalue weighted by atomic mass is 10.1. The number of carbonyl (C=O) groups excluding carboxylic acids is 1. The molecule has 1 aliphatic rings. The van der Waals surface area contributed by atoms with E-state index in [1.165, 1.54) is 4.31 Å². The van der Waals surface area contributed by atoms with Crippen LogP contribution in [0.25, 0.3) is 5.57 Å². The largest absolute Gasteiger partial charge is 0.337 e. The summed E-state index contributed by atoms with van der Waals surface area (Å²) in [5, 5.41) is 0. The van der Waals surface area contributed by atoms with Gasteiger partial charge in [-0.3, -0.25) is 4.79 Å². The number of aryl methyl sites for hydroxylation is 2. The Balaban J connectivity index is 1.67. The molecule has 0 aliphatic carbocycles. The molecule has 0 bridgehead atoms. The molecule has 148 valence electrons. The fraction of sp³-hybridized carbons (Fsp3) is 0.318. The number of hydrogen-bond acceptors (Lipinski definition) is 3. The second-order valence-electron chi connectivity index (χ2n) is 7.17. The van der Waals surface area contributed by atoms with Gasteiger partial charge in [-0.1, -0.05) is 36.4 Å². The van der Waals surface area contributed by atoms with Gasteiger partial charge in [0.2, 0.25) is 15.9 Å². The molecule has 1 aliphatic heterocycles. The second kappa shape index (κ2) is 8.29. The van der Waals surface area contributed by atoms with Crippen LogP contribution in [0.4, 0.5) is 0 Å². The van der Waals surface area contributed by atoms with Crippen molar-refractivity contribution in [1.29, 1.82) is 0 Å². The SMILES string of the molecule is C/C(=C/C(=O)N1CCN(S(=O)(=O)c2ccc(C)c(C)c2)CC1)c1ccccc1. The van der Waals surface area contributed by atoms with Gasteiger partial charge in [0.05, 0.1) is 4.90 Å². The number of sulfonamides is 1. The molecule has 1 amide bonds. The zero-order chi connectivity index (χ0) is 20.3. The molecule has 0 atom stereocenters. The molecule has 1 fully saturated rings. The topological polar surface area (TPSA) is 57.7 Å². The average Bonchev–Trinajstić information content (AvgIpc) is 2.70. The summed E-state index contributed by atoms with van der Waals surface area (Å²) >= 11 is 0. The Morgan fingerprint density at radius 2 is 1.57 bits per heavy atom. The first-order chi connectivity index (χ1) is 13.3. The van der Waals surface area contributed by atoms with Gasteiger partial charge in [-0.05, 0) is 55.2 Å². The van der Waals surface area contributed by atoms with Crippen LogP contribution >= 0.6 is 0 Å². The summed E-state index contributed by atoms with van der Waals surface area (Å²) in [5.74, 6) is -0.0791. The Morgan fingerprint density at radius 1 is 0.929 bits per heavy atom. The summed E-state index contributed by atoms with van der Waals surface area (Å²) in [6.07, 6.45) is 1.63. The Kier molecular flexibility index (Phi) is 6.01. The molecule has 2 aromatic rings. The van der Waals surface area contributed by atoms with Crippen molar-refractivity contribution in [1.82, 2.24) is 9.21 Å². The van der Waals surface area contributed by atoms with E-state index in [0.717, 1.165) is 22.3 Å². The number of allylic oxidation sites excluding steroid dienone is 1. The Labute approximate surface area is 167 Å². The first kappa shape index (κ1) is 20.3. The summed E-state index contributed by atoms with van der Waals surface area (Å²) in [6.45, 7) is 7.17. The maximum atomic E-state index is 12.9. The molecule has 5 nitrogen and oxygen atoms in total. The second-order valence-corrected chi connectivity index (χ2v) is 9.11. The first-order valence-corrected chi connectivity index (χ1v) is 10.8. The molecule has 28 heavy (non-hydrogen) atoms. The molecule has 1 saturated heterocycles. The number of rotatable bonds is 4. The highest BCUT2D eigenvalue weighted by Gasteiger charge is 2.29. The maximum Gasteiger partial charge on any atom is 0.246 e. The van der Waals surface area contributed by atoms with Crippen LogP contribution in [0.2, 0.25) is 0 Å². The van der Waals surface area contributed by atoms with Gasteiger partial charge in [0.1, 0.15) is 0 Å². The zero-order valence-corrected chi connectivity index (χ0v) is 17.4. The van der Waals surface area contributed by atoms with Crippen LogP contribution in [-0.4, -0.2) is 49.7 Å². The minimum atomic E-state index is -3.54. The zero-order valence-electron chi connectivity index (χ0n) is 16.6. The monoisotopic (exact) mass is 398 g/mol. The van der Waals surface area contributed by atoms with Crippen LogP contribution < -0.4 is 0 Å². The van der Waals surface area contributed by atoms with E-state index in [0.29, 0.717) is 31.1 Å². The third kappa shape index (κ3) is 4.34. The van der Waals surface area contributed by atoms with E-state index >= 15 is 0 Å². The van der Waals surface area contributed by atoms with Crippen molar-refractivity contribution in [2.45, 2.75) is 25.7 Å². The predicted molar refractivity (Wildman–Crippen MR) is 111 cm³/mol. The van der Waals surface area contributed by atoms with Crippen LogP contribution in [0.15, 0.2) is 59.5 Å². The minimum absolute atomic E-state index is 0.0791. The highest BCUT2D eigenvalue weighted by atomic mass is 32.2. The van der Waals surface area contributed by atoms with E-state index in [4.69, 9.17) is 0 Å². The molecule has 1 heterocycles. The van der Waals surface area contributed by atoms with Crippen molar-refractivity contribution in [2.24, 2.45) is 0 Å². The Bertz CT molecular complexity index is 990. The summed E-state index contributed by atoms with van der Waals surface area (Å²) < 4.78 is 27.3. The van der Waals surface area contributed by atoms with Crippen LogP contribution in [0.3, 0.4) is 0 Å². The van der Waals surface area contributed by atoms with E-state index in [2.05, 4.69) is 0 Å². The Morgan fingerprint density at radius 3 is 2.18 bits per heavy atom. The number of carbonyl (C=O) groups is 1. The van der Waals surface area contributed by atoms with E-state index in [9.17, 15) is 13.2 Å². The van der Waals surface area contributed by atoms with Gasteiger partial charge in [-0.2, -0.15) is 4.31 Å². The lowest BCUT2D eigenvalue weighted by Crippen LogP contribution is -2.50. The van der Waals surface area contributed by atoms with Gasteiger partial charge in [-0.25, -0.2) is 8.42 Å². The molecule has 2 aromatic carbocycles. The van der Waals surface area contributed by atoms with Crippen LogP contribution in [-0.2, 0) is 14.8 Å². The standard InChI is InChI=1S/C22H26N2O3S/c1-17-9-10-21(15-18(17)2)28(26,27)24-13-11-23(12-14-24)22(25)16-19(3)20-7-5-4-6-8-20/h4-10,15-16H,11-14H2,1-3H3/b19-16-. The summed E-state index contributed by atoms with van der Waals surface area (Å²) in [7, 11) is -3.54. The van der Waals surface area contributed by atoms with Crippen molar-refractivity contribution < 1.29 is 13.2 Å². The summed E-state index contributed by atoms with van der Waals surface area (Å²) in [5.41, 5.74) is 3.92. The third-order valence-corrected chi connectivity index (χ3v) is 7.13. The van der Waals surface area contributed by atoms with E-state index in [1.54, 1.807) is 23.1 Å². The molecular weight excluding hydrogens is 372 g/mol. The minimum Gasteiger partial charge on any atom is -0.337 e. The molecule has 0 unspecified atom stereocenters. The lowest BCUT2D eigenvalue weighted by Gasteiger charge is -2.33. The van der Waals surface area contributed by atoms with Crippen LogP contribution in [0.5, 0.6) is 0 Å². The molecule has 6 heteroatoms. The number of piperazine rings is 1. The Hall–Kier alpha value is -2.44. The molecule has 0 radical (unpaired) electrons. The normalized spacial score (nSPS) is 16.2. The molecule has 0 saturated carbocycles. The van der Waals surface area contributed by atoms with Gasteiger partial charge >= 0.3 is 0 Å². The van der Waals surface area contributed by atoms with Crippen LogP contribution in [0.1, 0.15) is 23.6 Å². The van der Waals surface area contributed by atoms with Crippen molar-refractivity contribution >= 4 is 21.5 Å². The fourth-order valence-electron chi connectivity index (χ4n) is 3.23. The van der Waals surface area contributed by atoms with Gasteiger partial charge < -0.3 is 4.90 Å². The van der Waals surface area contributed by atoms with Crippen molar-refractivity contribution in [2.75, 3.05) is 26.2 Å². The average molecular weight is 399 g/mol. The van der Waals surface area contributed by atoms with E-state index in [-0.39, 0.29) is 5.91 Å². The first-order valence-electron chi connectivity index (χ1n) is 9.39. The van der Waals surface area contributed by atoms with Crippen molar-refractivity contribution in [3.8, 4) is 0 Å². The van der Waals surface area contributed by atoms with Gasteiger partial charge in [0, 0.05) is 32.3 Å². The predicted octanol–water partition coefficient (Wildman–Crippen LogP) is 3.24. The number of nitrogens with zero attached hydrogens (tertiary/aromatic N) is 2. The van der Waals surface area contributed by atoms with E-state index < -0.39 is 10.0 Å². The molecule has 3 rings (SSSR count). The fourth-order valence-corrected chi connectivity index (χ4v) is 4.74. The highest BCUT2D eigenvalue weighted by Crippen LogP contribution is 2.21. The molecule has 0 spiro atoms. The van der Waals surface area contributed by atoms with E-state index in [1.807, 2.05) is 57.2 Å². The highest BCUT2D eigenvalue weighted by molar-refractivity contribution is 7.89. The molecule has 0 aromatic heterocycles. The third-order valence-electron chi connectivity index (χ3n) is 5.24. The van der Waals surface area contributed by atoms with Crippen molar-refractivity contribution in [3.63, 3.8) is 0 Å². The van der Waals surface area contributed by atoms with Crippen molar-refractivity contribution in [3.05, 3.63) is 71.3 Å². The summed E-state index contributed by atoms with van der Waals surface area (Å²) in [4.78, 5) is 14.6. The maximum absolute atomic E-state index is 12.9. The van der Waals surface area contributed by atoms with Gasteiger partial charge in [-0.15, -0.1) is 0 Å². The smallest absolute Gasteiger partial charge is 0.246 e. The number of hydrogen-bond donors (Lipinski definition) is 0. The lowest BCUT2D eigenvalue weighted by molar-refractivity contribution is -0.127. The van der Waals surface area contributed by atoms with Gasteiger partial charge in [0.15, 0.2) is 0 Å². The number of benzene rings is 2.